The average molecular weight is 1240 g/mol. The molecule has 348 valence electrons. The fourth-order valence-electron chi connectivity index (χ4n) is 0. The number of hydrogen-bond acceptors (Lipinski definition) is 13. The molecule has 0 aromatic carbocycles. The van der Waals surface area contributed by atoms with Crippen molar-refractivity contribution in [2.45, 2.75) is 0 Å². The summed E-state index contributed by atoms with van der Waals surface area (Å²) in [5.41, 5.74) is 0. The van der Waals surface area contributed by atoms with E-state index in [0.717, 1.165) is 0 Å². The summed E-state index contributed by atoms with van der Waals surface area (Å²) in [6.45, 7) is 0. The maximum absolute atomic E-state index is 8.56. The second-order valence-electron chi connectivity index (χ2n) is 3.67. The minimum Gasteiger partial charge on any atom is -1.00 e. The van der Waals surface area contributed by atoms with Gasteiger partial charge in [-0.3, -0.25) is 0 Å². The molecule has 0 rings (SSSR count). The van der Waals surface area contributed by atoms with Crippen molar-refractivity contribution < 1.29 is 753 Å². The van der Waals surface area contributed by atoms with Gasteiger partial charge in [0, 0.05) is 0 Å². The number of carboxylic acid groups (broad SMARTS) is 26. The van der Waals surface area contributed by atoms with Crippen molar-refractivity contribution in [3.8, 4) is 0 Å². The Hall–Kier alpha value is 8.51. The molecule has 0 saturated carbocycles. The van der Waals surface area contributed by atoms with Gasteiger partial charge < -0.3 is 158 Å². The Morgan fingerprint density at radius 2 is 0.114 bits per heavy atom. The Balaban J connectivity index is -0.00000000385. The van der Waals surface area contributed by atoms with Gasteiger partial charge in [-0.15, -0.1) is 0 Å². The third-order valence-corrected chi connectivity index (χ3v) is 0. The van der Waals surface area contributed by atoms with E-state index in [1.165, 1.54) is 0 Å². The van der Waals surface area contributed by atoms with Crippen LogP contribution in [0.1, 0.15) is 25.7 Å². The second kappa shape index (κ2) is 201. The van der Waals surface area contributed by atoms with E-state index in [-0.39, 0.29) is 558 Å². The van der Waals surface area contributed by atoms with Crippen molar-refractivity contribution in [2.24, 2.45) is 0 Å². The maximum Gasteiger partial charge on any atom is 1.00 e. The van der Waals surface area contributed by atoms with Crippen LogP contribution in [0.15, 0.2) is 0 Å². The molecular formula is C13H44Na18O39. The van der Waals surface area contributed by atoms with E-state index in [1.807, 2.05) is 0 Å². The van der Waals surface area contributed by atoms with Gasteiger partial charge in [-0.2, -0.15) is 0 Å². The Morgan fingerprint density at radius 1 is 0.114 bits per heavy atom. The van der Waals surface area contributed by atoms with Crippen LogP contribution in [0.4, 0.5) is 62.3 Å². The maximum atomic E-state index is 8.56. The molecule has 0 bridgehead atoms. The monoisotopic (exact) mass is 1240 g/mol. The van der Waals surface area contributed by atoms with Crippen LogP contribution in [-0.2, 0) is 0 Å². The smallest absolute Gasteiger partial charge is 1.00 e. The summed E-state index contributed by atoms with van der Waals surface area (Å²) in [5.74, 6) is 0. The van der Waals surface area contributed by atoms with E-state index in [2.05, 4.69) is 0 Å². The molecule has 26 N–H and O–H groups in total. The predicted molar refractivity (Wildman–Crippen MR) is 159 cm³/mol. The van der Waals surface area contributed by atoms with Crippen LogP contribution in [-0.4, -0.2) is 213 Å². The fourth-order valence-corrected chi connectivity index (χ4v) is 0. The molecule has 70 heavy (non-hydrogen) atoms. The molecule has 0 saturated heterocycles. The second-order valence-corrected chi connectivity index (χ2v) is 3.67. The van der Waals surface area contributed by atoms with Gasteiger partial charge in [-0.05, 0) is 0 Å². The molecule has 0 spiro atoms. The molecule has 0 fully saturated rings. The van der Waals surface area contributed by atoms with Crippen LogP contribution in [0.5, 0.6) is 0 Å². The van der Waals surface area contributed by atoms with E-state index in [0.29, 0.717) is 0 Å². The van der Waals surface area contributed by atoms with Crippen LogP contribution in [0.3, 0.4) is 0 Å². The molecule has 0 aliphatic carbocycles. The predicted octanol–water partition coefficient (Wildman–Crippen LogP) is -49.0. The first-order valence-electron chi connectivity index (χ1n) is 8.47. The van der Waals surface area contributed by atoms with Gasteiger partial charge in [0.2, 0.25) is 0 Å². The van der Waals surface area contributed by atoms with Crippen molar-refractivity contribution in [3.05, 3.63) is 0 Å². The standard InChI is InChI=1S/13CH2O3.18Na.18H/c13*2-1(3)4;;;;;;;;;;;;;;;;;;;;;;;;;;;;;;;;;;;;/h13*(H2,2,3,4);;;;;;;;;;;;;;;;;;;;;;;;;;;;;;;;;;;;/q;;;;;;;;;;;;;18*+1;18*-1. The van der Waals surface area contributed by atoms with Crippen molar-refractivity contribution in [3.63, 3.8) is 0 Å². The van der Waals surface area contributed by atoms with E-state index < -0.39 is 80.0 Å². The van der Waals surface area contributed by atoms with Crippen molar-refractivity contribution in [1.82, 2.24) is 0 Å². The Labute approximate surface area is 814 Å². The summed E-state index contributed by atoms with van der Waals surface area (Å²) in [6, 6.07) is 0. The summed E-state index contributed by atoms with van der Waals surface area (Å²) in [6.07, 6.45) is -23.8. The van der Waals surface area contributed by atoms with Gasteiger partial charge in [0.15, 0.2) is 0 Å². The van der Waals surface area contributed by atoms with Gasteiger partial charge in [0.05, 0.1) is 0 Å². The largest absolute Gasteiger partial charge is 1.00 e. The minimum absolute atomic E-state index is 0. The number of rotatable bonds is 0. The van der Waals surface area contributed by atoms with Gasteiger partial charge in [0.25, 0.3) is 0 Å². The summed E-state index contributed by atoms with van der Waals surface area (Å²) in [4.78, 5) is 111. The quantitative estimate of drug-likeness (QED) is 0.100. The summed E-state index contributed by atoms with van der Waals surface area (Å²) >= 11 is 0. The van der Waals surface area contributed by atoms with Crippen molar-refractivity contribution >= 4 is 80.0 Å². The number of hydrogen-bond donors (Lipinski definition) is 26. The van der Waals surface area contributed by atoms with Crippen LogP contribution in [0.25, 0.3) is 0 Å². The first-order valence-corrected chi connectivity index (χ1v) is 8.47. The summed E-state index contributed by atoms with van der Waals surface area (Å²) < 4.78 is 0. The zero-order valence-electron chi connectivity index (χ0n) is 59.4. The fraction of sp³-hybridized carbons (Fsp3) is 0. The Kier molecular flexibility index (Phi) is 600. The van der Waals surface area contributed by atoms with Gasteiger partial charge >= 0.3 is 612 Å². The van der Waals surface area contributed by atoms with Gasteiger partial charge in [0.1, 0.15) is 0 Å². The average Bonchev–Trinajstić information content (AvgIpc) is 2.67. The number of carbonyl (C=O) groups is 13. The van der Waals surface area contributed by atoms with Crippen molar-refractivity contribution in [1.29, 1.82) is 0 Å². The van der Waals surface area contributed by atoms with Gasteiger partial charge in [-0.25, -0.2) is 62.3 Å². The zero-order chi connectivity index (χ0) is 46.5. The zero-order valence-corrected chi connectivity index (χ0v) is 77.4. The molecule has 0 aromatic rings. The van der Waals surface area contributed by atoms with E-state index in [1.54, 1.807) is 0 Å². The van der Waals surface area contributed by atoms with Crippen molar-refractivity contribution in [2.75, 3.05) is 0 Å². The molecule has 0 unspecified atom stereocenters. The van der Waals surface area contributed by atoms with Crippen LogP contribution in [0.2, 0.25) is 0 Å². The molecule has 39 nitrogen and oxygen atoms in total. The third-order valence-electron chi connectivity index (χ3n) is 0. The van der Waals surface area contributed by atoms with Gasteiger partial charge in [-0.1, -0.05) is 0 Å². The molecule has 0 atom stereocenters. The van der Waals surface area contributed by atoms with E-state index in [4.69, 9.17) is 195 Å². The summed E-state index contributed by atoms with van der Waals surface area (Å²) in [5, 5.41) is 181. The summed E-state index contributed by atoms with van der Waals surface area (Å²) in [7, 11) is 0. The first-order chi connectivity index (χ1) is 22.5. The molecular weight excluding hydrogens is 1190 g/mol. The SMILES string of the molecule is O=C(O)O.O=C(O)O.O=C(O)O.O=C(O)O.O=C(O)O.O=C(O)O.O=C(O)O.O=C(O)O.O=C(O)O.O=C(O)O.O=C(O)O.O=C(O)O.O=C(O)O.[H-].[H-].[H-].[H-].[H-].[H-].[H-].[H-].[H-].[H-].[H-].[H-].[H-].[H-].[H-].[H-].[H-].[H-].[Na+].[Na+].[Na+].[Na+].[Na+].[Na+].[Na+].[Na+].[Na+].[Na+].[Na+].[Na+].[Na+].[Na+].[Na+].[Na+].[Na+].[Na+]. The Bertz CT molecular complexity index is 752. The minimum atomic E-state index is -1.83. The molecule has 0 radical (unpaired) electrons. The molecule has 57 heteroatoms. The Morgan fingerprint density at radius 3 is 0.114 bits per heavy atom. The van der Waals surface area contributed by atoms with Crippen LogP contribution in [0, 0.1) is 0 Å². The van der Waals surface area contributed by atoms with Crippen LogP contribution < -0.4 is 532 Å². The molecule has 0 heterocycles. The normalized spacial score (nSPS) is 4.46. The topological polar surface area (TPSA) is 748 Å². The molecule has 0 aliphatic heterocycles. The first kappa shape index (κ1) is 209. The third kappa shape index (κ3) is 6020. The molecule has 0 amide bonds. The van der Waals surface area contributed by atoms with E-state index in [9.17, 15) is 0 Å². The molecule has 0 aromatic heterocycles. The molecule has 0 aliphatic rings. The van der Waals surface area contributed by atoms with Crippen LogP contribution >= 0.6 is 0 Å². The van der Waals surface area contributed by atoms with E-state index >= 15 is 0 Å².